The SMILES string of the molecule is O=COn1ccccc1=O. The van der Waals surface area contributed by atoms with Crippen molar-refractivity contribution in [1.29, 1.82) is 0 Å². The second-order valence-corrected chi connectivity index (χ2v) is 1.57. The van der Waals surface area contributed by atoms with E-state index >= 15 is 0 Å². The normalized spacial score (nSPS) is 8.80. The van der Waals surface area contributed by atoms with Crippen LogP contribution in [0.3, 0.4) is 0 Å². The smallest absolute Gasteiger partial charge is 0.321 e. The van der Waals surface area contributed by atoms with Gasteiger partial charge in [-0.25, -0.2) is 0 Å². The zero-order chi connectivity index (χ0) is 7.40. The number of carbonyl (C=O) groups excluding carboxylic acids is 1. The highest BCUT2D eigenvalue weighted by molar-refractivity contribution is 5.37. The number of hydrogen-bond donors (Lipinski definition) is 0. The van der Waals surface area contributed by atoms with Crippen LogP contribution in [-0.4, -0.2) is 11.2 Å². The highest BCUT2D eigenvalue weighted by atomic mass is 16.7. The van der Waals surface area contributed by atoms with Gasteiger partial charge in [-0.05, 0) is 6.07 Å². The Balaban J connectivity index is 3.03. The van der Waals surface area contributed by atoms with Gasteiger partial charge in [-0.15, -0.1) is 4.73 Å². The molecule has 0 saturated carbocycles. The monoisotopic (exact) mass is 139 g/mol. The molecule has 0 bridgehead atoms. The van der Waals surface area contributed by atoms with Crippen LogP contribution in [0.25, 0.3) is 0 Å². The minimum atomic E-state index is -0.366. The number of nitrogens with zero attached hydrogens (tertiary/aromatic N) is 1. The Bertz CT molecular complexity index is 278. The standard InChI is InChI=1S/C6H5NO3/c8-5-10-7-4-2-1-3-6(7)9/h1-5H. The van der Waals surface area contributed by atoms with E-state index in [4.69, 9.17) is 0 Å². The van der Waals surface area contributed by atoms with E-state index in [1.807, 2.05) is 0 Å². The second kappa shape index (κ2) is 2.82. The Hall–Kier alpha value is -1.58. The van der Waals surface area contributed by atoms with Gasteiger partial charge in [-0.2, -0.15) is 0 Å². The first-order chi connectivity index (χ1) is 4.84. The van der Waals surface area contributed by atoms with Crippen molar-refractivity contribution < 1.29 is 9.63 Å². The van der Waals surface area contributed by atoms with Crippen molar-refractivity contribution in [3.05, 3.63) is 34.7 Å². The van der Waals surface area contributed by atoms with Crippen molar-refractivity contribution in [2.24, 2.45) is 0 Å². The summed E-state index contributed by atoms with van der Waals surface area (Å²) in [5, 5.41) is 0. The maximum atomic E-state index is 10.7. The first-order valence-corrected chi connectivity index (χ1v) is 2.63. The van der Waals surface area contributed by atoms with Gasteiger partial charge in [0.05, 0.1) is 0 Å². The Morgan fingerprint density at radius 3 is 2.90 bits per heavy atom. The van der Waals surface area contributed by atoms with E-state index in [1.54, 1.807) is 12.1 Å². The molecular weight excluding hydrogens is 134 g/mol. The average molecular weight is 139 g/mol. The maximum absolute atomic E-state index is 10.7. The van der Waals surface area contributed by atoms with E-state index < -0.39 is 0 Å². The molecule has 4 nitrogen and oxygen atoms in total. The third kappa shape index (κ3) is 1.22. The molecule has 0 aliphatic heterocycles. The van der Waals surface area contributed by atoms with Crippen LogP contribution < -0.4 is 10.4 Å². The van der Waals surface area contributed by atoms with E-state index in [0.717, 1.165) is 4.73 Å². The average Bonchev–Trinajstić information content (AvgIpc) is 1.94. The van der Waals surface area contributed by atoms with Crippen molar-refractivity contribution in [2.45, 2.75) is 0 Å². The van der Waals surface area contributed by atoms with Crippen molar-refractivity contribution in [3.63, 3.8) is 0 Å². The van der Waals surface area contributed by atoms with Crippen LogP contribution in [0.5, 0.6) is 0 Å². The molecule has 10 heavy (non-hydrogen) atoms. The lowest BCUT2D eigenvalue weighted by molar-refractivity contribution is -0.129. The Morgan fingerprint density at radius 2 is 2.30 bits per heavy atom. The highest BCUT2D eigenvalue weighted by Crippen LogP contribution is 1.74. The van der Waals surface area contributed by atoms with Crippen LogP contribution in [0.1, 0.15) is 0 Å². The molecule has 0 aliphatic rings. The third-order valence-corrected chi connectivity index (χ3v) is 0.945. The van der Waals surface area contributed by atoms with Gasteiger partial charge in [-0.1, -0.05) is 6.07 Å². The lowest BCUT2D eigenvalue weighted by atomic mass is 10.5. The number of aromatic nitrogens is 1. The Morgan fingerprint density at radius 1 is 1.50 bits per heavy atom. The third-order valence-electron chi connectivity index (χ3n) is 0.945. The fraction of sp³-hybridized carbons (Fsp3) is 0. The van der Waals surface area contributed by atoms with Crippen LogP contribution >= 0.6 is 0 Å². The minimum absolute atomic E-state index is 0.196. The van der Waals surface area contributed by atoms with Crippen molar-refractivity contribution in [1.82, 2.24) is 4.73 Å². The molecule has 52 valence electrons. The molecule has 1 rings (SSSR count). The summed E-state index contributed by atoms with van der Waals surface area (Å²) in [6.45, 7) is 0.196. The van der Waals surface area contributed by atoms with Crippen LogP contribution in [0.2, 0.25) is 0 Å². The van der Waals surface area contributed by atoms with E-state index in [2.05, 4.69) is 4.84 Å². The van der Waals surface area contributed by atoms with Gasteiger partial charge in [0.15, 0.2) is 0 Å². The Labute approximate surface area is 56.6 Å². The van der Waals surface area contributed by atoms with Gasteiger partial charge in [0.25, 0.3) is 5.56 Å². The molecule has 1 heterocycles. The lowest BCUT2D eigenvalue weighted by Gasteiger charge is -1.96. The van der Waals surface area contributed by atoms with E-state index in [9.17, 15) is 9.59 Å². The number of rotatable bonds is 2. The molecule has 0 aromatic carbocycles. The highest BCUT2D eigenvalue weighted by Gasteiger charge is 1.88. The topological polar surface area (TPSA) is 48.3 Å². The summed E-state index contributed by atoms with van der Waals surface area (Å²) in [5.41, 5.74) is -0.366. The number of hydrogen-bond acceptors (Lipinski definition) is 3. The first kappa shape index (κ1) is 6.54. The quantitative estimate of drug-likeness (QED) is 0.515. The van der Waals surface area contributed by atoms with Gasteiger partial charge in [0.2, 0.25) is 0 Å². The van der Waals surface area contributed by atoms with Crippen LogP contribution in [0.15, 0.2) is 29.2 Å². The van der Waals surface area contributed by atoms with E-state index in [0.29, 0.717) is 0 Å². The fourth-order valence-electron chi connectivity index (χ4n) is 0.546. The molecule has 0 unspecified atom stereocenters. The van der Waals surface area contributed by atoms with Crippen LogP contribution in [0.4, 0.5) is 0 Å². The van der Waals surface area contributed by atoms with Crippen molar-refractivity contribution in [2.75, 3.05) is 0 Å². The van der Waals surface area contributed by atoms with Gasteiger partial charge in [-0.3, -0.25) is 9.59 Å². The molecule has 0 radical (unpaired) electrons. The molecule has 0 atom stereocenters. The summed E-state index contributed by atoms with van der Waals surface area (Å²) >= 11 is 0. The summed E-state index contributed by atoms with van der Waals surface area (Å²) in [6, 6.07) is 4.45. The molecule has 0 saturated heterocycles. The molecule has 4 heteroatoms. The summed E-state index contributed by atoms with van der Waals surface area (Å²) in [7, 11) is 0. The predicted molar refractivity (Wildman–Crippen MR) is 33.3 cm³/mol. The number of pyridine rings is 1. The van der Waals surface area contributed by atoms with Crippen molar-refractivity contribution >= 4 is 6.47 Å². The van der Waals surface area contributed by atoms with Gasteiger partial charge >= 0.3 is 6.47 Å². The minimum Gasteiger partial charge on any atom is -0.337 e. The number of carbonyl (C=O) groups is 1. The van der Waals surface area contributed by atoms with Crippen LogP contribution in [-0.2, 0) is 4.79 Å². The predicted octanol–water partition coefficient (Wildman–Crippen LogP) is -0.567. The molecule has 0 fully saturated rings. The molecule has 0 amide bonds. The largest absolute Gasteiger partial charge is 0.337 e. The summed E-state index contributed by atoms with van der Waals surface area (Å²) in [5.74, 6) is 0. The van der Waals surface area contributed by atoms with E-state index in [1.165, 1.54) is 12.3 Å². The molecule has 0 N–H and O–H groups in total. The molecule has 1 aromatic rings. The zero-order valence-corrected chi connectivity index (χ0v) is 5.06. The summed E-state index contributed by atoms with van der Waals surface area (Å²) in [6.07, 6.45) is 1.36. The molecule has 1 aromatic heterocycles. The molecule has 0 aliphatic carbocycles. The van der Waals surface area contributed by atoms with Gasteiger partial charge in [0, 0.05) is 12.3 Å². The fourth-order valence-corrected chi connectivity index (χ4v) is 0.546. The molecule has 0 spiro atoms. The first-order valence-electron chi connectivity index (χ1n) is 2.63. The zero-order valence-electron chi connectivity index (χ0n) is 5.06. The molecular formula is C6H5NO3. The second-order valence-electron chi connectivity index (χ2n) is 1.57. The van der Waals surface area contributed by atoms with E-state index in [-0.39, 0.29) is 12.0 Å². The summed E-state index contributed by atoms with van der Waals surface area (Å²) in [4.78, 5) is 24.7. The Kier molecular flexibility index (Phi) is 1.84. The van der Waals surface area contributed by atoms with Gasteiger partial charge < -0.3 is 4.84 Å². The van der Waals surface area contributed by atoms with Gasteiger partial charge in [0.1, 0.15) is 0 Å². The van der Waals surface area contributed by atoms with Crippen LogP contribution in [0, 0.1) is 0 Å². The van der Waals surface area contributed by atoms with Crippen molar-refractivity contribution in [3.8, 4) is 0 Å². The lowest BCUT2D eigenvalue weighted by Crippen LogP contribution is -2.24. The maximum Gasteiger partial charge on any atom is 0.321 e. The summed E-state index contributed by atoms with van der Waals surface area (Å²) < 4.78 is 0.840.